The molecule has 3 aromatic carbocycles. The number of ether oxygens (including phenoxy) is 1. The van der Waals surface area contributed by atoms with E-state index in [-0.39, 0.29) is 0 Å². The van der Waals surface area contributed by atoms with Crippen LogP contribution < -0.4 is 5.11 Å². The quantitative estimate of drug-likeness (QED) is 0.0904. The summed E-state index contributed by atoms with van der Waals surface area (Å²) >= 11 is -1.56. The van der Waals surface area contributed by atoms with Crippen molar-refractivity contribution in [1.29, 1.82) is 0 Å². The van der Waals surface area contributed by atoms with E-state index in [1.54, 1.807) is 0 Å². The van der Waals surface area contributed by atoms with E-state index < -0.39 is 31.7 Å². The fourth-order valence-corrected chi connectivity index (χ4v) is 12.1. The first-order valence-electron chi connectivity index (χ1n) is 13.6. The van der Waals surface area contributed by atoms with Gasteiger partial charge in [0.25, 0.3) is 0 Å². The van der Waals surface area contributed by atoms with Gasteiger partial charge in [-0.05, 0) is 12.5 Å². The third kappa shape index (κ3) is 15.4. The predicted molar refractivity (Wildman–Crippen MR) is 155 cm³/mol. The van der Waals surface area contributed by atoms with Crippen LogP contribution in [0.2, 0.25) is 0 Å². The summed E-state index contributed by atoms with van der Waals surface area (Å²) in [7, 11) is 0. The molecule has 3 rings (SSSR count). The number of rotatable bonds is 15. The van der Waals surface area contributed by atoms with E-state index in [9.17, 15) is 14.7 Å². The molecule has 3 aromatic rings. The summed E-state index contributed by atoms with van der Waals surface area (Å²) in [6, 6.07) is 33.1. The number of aliphatic carboxylic acids is 1. The Kier molecular flexibility index (Phi) is 16.6. The van der Waals surface area contributed by atoms with Gasteiger partial charge in [0.15, 0.2) is 0 Å². The summed E-state index contributed by atoms with van der Waals surface area (Å²) in [6.07, 6.45) is 8.23. The number of carbonyl (C=O) groups excluding carboxylic acids is 2. The first kappa shape index (κ1) is 31.4. The van der Waals surface area contributed by atoms with Crippen LogP contribution >= 0.6 is 0 Å². The molecular formula is C33H40O4Sn. The Bertz CT molecular complexity index is 953. The Hall–Kier alpha value is -2.86. The standard InChI is InChI=1S/C12H20O4.3C7H7.Sn/c1-2-3-4-5-6-7-10-16-12(15)9-8-11(13)14;3*1-7-5-3-2-4-6-7;/h8-9H,2-7,10H2,1H3,(H,13,14);3*2-6H,1H2;/q;;;;+1/p-1. The zero-order valence-electron chi connectivity index (χ0n) is 22.5. The molecule has 0 aliphatic rings. The molecule has 0 aromatic heterocycles. The first-order chi connectivity index (χ1) is 18.6. The van der Waals surface area contributed by atoms with E-state index >= 15 is 0 Å². The molecule has 0 bridgehead atoms. The fourth-order valence-electron chi connectivity index (χ4n) is 4.08. The summed E-state index contributed by atoms with van der Waals surface area (Å²) < 4.78 is 8.76. The number of hydrogen-bond acceptors (Lipinski definition) is 4. The molecule has 5 heteroatoms. The van der Waals surface area contributed by atoms with Crippen LogP contribution in [0.3, 0.4) is 0 Å². The van der Waals surface area contributed by atoms with Gasteiger partial charge in [0.05, 0.1) is 12.6 Å². The normalized spacial score (nSPS) is 10.4. The number of benzene rings is 3. The molecule has 0 saturated heterocycles. The van der Waals surface area contributed by atoms with Crippen LogP contribution in [-0.2, 0) is 27.6 Å². The van der Waals surface area contributed by atoms with Crippen molar-refractivity contribution in [3.8, 4) is 0 Å². The van der Waals surface area contributed by atoms with E-state index in [1.807, 2.05) is 0 Å². The number of unbranched alkanes of at least 4 members (excludes halogenated alkanes) is 5. The van der Waals surface area contributed by atoms with Crippen molar-refractivity contribution in [2.45, 2.75) is 58.8 Å². The van der Waals surface area contributed by atoms with Gasteiger partial charge >= 0.3 is 147 Å². The number of carboxylic acid groups (broad SMARTS) is 1. The minimum atomic E-state index is -1.56. The van der Waals surface area contributed by atoms with E-state index in [0.717, 1.165) is 25.3 Å². The Morgan fingerprint density at radius 1 is 0.658 bits per heavy atom. The number of esters is 1. The van der Waals surface area contributed by atoms with Crippen LogP contribution in [0.25, 0.3) is 0 Å². The Labute approximate surface area is 235 Å². The number of hydrogen-bond donors (Lipinski definition) is 0. The average molecular weight is 619 g/mol. The molecule has 4 nitrogen and oxygen atoms in total. The second-order valence-electron chi connectivity index (χ2n) is 9.32. The molecule has 38 heavy (non-hydrogen) atoms. The number of carboxylic acids is 1. The third-order valence-corrected chi connectivity index (χ3v) is 13.8. The Morgan fingerprint density at radius 3 is 1.50 bits per heavy atom. The Morgan fingerprint density at radius 2 is 1.08 bits per heavy atom. The maximum atomic E-state index is 10.9. The van der Waals surface area contributed by atoms with Gasteiger partial charge in [0.2, 0.25) is 0 Å². The molecule has 0 aliphatic carbocycles. The van der Waals surface area contributed by atoms with Gasteiger partial charge in [0.1, 0.15) is 0 Å². The van der Waals surface area contributed by atoms with Crippen LogP contribution in [0.15, 0.2) is 103 Å². The van der Waals surface area contributed by atoms with Gasteiger partial charge in [-0.3, -0.25) is 0 Å². The van der Waals surface area contributed by atoms with Gasteiger partial charge in [-0.1, -0.05) is 39.0 Å². The van der Waals surface area contributed by atoms with Gasteiger partial charge in [-0.15, -0.1) is 0 Å². The molecule has 0 fully saturated rings. The monoisotopic (exact) mass is 620 g/mol. The average Bonchev–Trinajstić information content (AvgIpc) is 2.93. The van der Waals surface area contributed by atoms with Crippen LogP contribution in [0.5, 0.6) is 0 Å². The van der Waals surface area contributed by atoms with Crippen LogP contribution in [0, 0.1) is 0 Å². The molecule has 0 amide bonds. The van der Waals surface area contributed by atoms with E-state index in [4.69, 9.17) is 4.74 Å². The van der Waals surface area contributed by atoms with Crippen molar-refractivity contribution in [3.63, 3.8) is 0 Å². The summed E-state index contributed by atoms with van der Waals surface area (Å²) in [5.74, 6) is -2.02. The van der Waals surface area contributed by atoms with E-state index in [1.165, 1.54) is 49.3 Å². The molecule has 0 radical (unpaired) electrons. The molecule has 0 atom stereocenters. The van der Waals surface area contributed by atoms with E-state index in [2.05, 4.69) is 97.9 Å². The second kappa shape index (κ2) is 20.1. The zero-order valence-corrected chi connectivity index (χ0v) is 25.4. The van der Waals surface area contributed by atoms with E-state index in [0.29, 0.717) is 12.7 Å². The molecule has 0 N–H and O–H groups in total. The first-order valence-corrected chi connectivity index (χ1v) is 19.6. The van der Waals surface area contributed by atoms with Crippen molar-refractivity contribution >= 4 is 31.7 Å². The SMILES string of the molecule is CCCCCCCCOC(=O)C=CC(=O)[O-].c1ccc([CH2][Sn+]([CH2]c2ccccc2)[CH2]c2ccccc2)cc1. The van der Waals surface area contributed by atoms with Crippen molar-refractivity contribution < 1.29 is 19.4 Å². The second-order valence-corrected chi connectivity index (χ2v) is 16.6. The maximum absolute atomic E-state index is 10.9. The van der Waals surface area contributed by atoms with Gasteiger partial charge < -0.3 is 14.6 Å². The molecule has 0 heterocycles. The van der Waals surface area contributed by atoms with Crippen molar-refractivity contribution in [2.75, 3.05) is 6.61 Å². The molecule has 200 valence electrons. The molecule has 0 saturated carbocycles. The summed E-state index contributed by atoms with van der Waals surface area (Å²) in [5, 5.41) is 9.97. The third-order valence-electron chi connectivity index (χ3n) is 5.99. The molecule has 0 unspecified atom stereocenters. The fraction of sp³-hybridized carbons (Fsp3) is 0.333. The minimum absolute atomic E-state index is 0.350. The van der Waals surface area contributed by atoms with Crippen molar-refractivity contribution in [1.82, 2.24) is 0 Å². The summed E-state index contributed by atoms with van der Waals surface area (Å²) in [5.41, 5.74) is 4.55. The summed E-state index contributed by atoms with van der Waals surface area (Å²) in [6.45, 7) is 2.51. The molecule has 0 aliphatic heterocycles. The number of carbonyl (C=O) groups is 2. The van der Waals surface area contributed by atoms with Crippen molar-refractivity contribution in [3.05, 3.63) is 120 Å². The van der Waals surface area contributed by atoms with Gasteiger partial charge in [0, 0.05) is 6.08 Å². The summed E-state index contributed by atoms with van der Waals surface area (Å²) in [4.78, 5) is 20.9. The Balaban J connectivity index is 0.000000284. The topological polar surface area (TPSA) is 66.4 Å². The van der Waals surface area contributed by atoms with Gasteiger partial charge in [-0.2, -0.15) is 0 Å². The van der Waals surface area contributed by atoms with Crippen LogP contribution in [-0.4, -0.2) is 38.3 Å². The molecular weight excluding hydrogens is 579 g/mol. The van der Waals surface area contributed by atoms with Crippen LogP contribution in [0.4, 0.5) is 0 Å². The van der Waals surface area contributed by atoms with Crippen LogP contribution in [0.1, 0.15) is 62.1 Å². The van der Waals surface area contributed by atoms with Gasteiger partial charge in [-0.25, -0.2) is 4.79 Å². The van der Waals surface area contributed by atoms with Crippen molar-refractivity contribution in [2.24, 2.45) is 0 Å². The zero-order chi connectivity index (χ0) is 27.3. The molecule has 0 spiro atoms. The predicted octanol–water partition coefficient (Wildman–Crippen LogP) is 6.02.